The topological polar surface area (TPSA) is 80.3 Å². The van der Waals surface area contributed by atoms with Crippen molar-refractivity contribution in [1.82, 2.24) is 15.6 Å². The molecule has 0 bridgehead atoms. The predicted octanol–water partition coefficient (Wildman–Crippen LogP) is 2.08. The van der Waals surface area contributed by atoms with Gasteiger partial charge < -0.3 is 15.4 Å². The Morgan fingerprint density at radius 2 is 1.92 bits per heavy atom. The minimum absolute atomic E-state index is 0.117. The SMILES string of the molecule is COc1ccc(-c2nc(/C=C/C(=O)NCCNC(C)=O)cs2)cc1. The molecular formula is C17H19N3O3S. The van der Waals surface area contributed by atoms with Crippen LogP contribution in [-0.4, -0.2) is 37.0 Å². The Morgan fingerprint density at radius 1 is 1.21 bits per heavy atom. The van der Waals surface area contributed by atoms with Crippen LogP contribution >= 0.6 is 11.3 Å². The Balaban J connectivity index is 1.88. The molecule has 0 fully saturated rings. The van der Waals surface area contributed by atoms with Gasteiger partial charge in [0.25, 0.3) is 0 Å². The van der Waals surface area contributed by atoms with E-state index in [0.29, 0.717) is 13.1 Å². The summed E-state index contributed by atoms with van der Waals surface area (Å²) in [6.45, 7) is 2.23. The maximum absolute atomic E-state index is 11.7. The summed E-state index contributed by atoms with van der Waals surface area (Å²) in [5.74, 6) is 0.457. The summed E-state index contributed by atoms with van der Waals surface area (Å²) < 4.78 is 5.13. The number of hydrogen-bond acceptors (Lipinski definition) is 5. The number of thiazole rings is 1. The van der Waals surface area contributed by atoms with Crippen molar-refractivity contribution in [2.24, 2.45) is 0 Å². The van der Waals surface area contributed by atoms with Gasteiger partial charge in [0.15, 0.2) is 0 Å². The molecule has 6 nitrogen and oxygen atoms in total. The van der Waals surface area contributed by atoms with Crippen molar-refractivity contribution in [2.45, 2.75) is 6.92 Å². The molecule has 0 unspecified atom stereocenters. The Bertz CT molecular complexity index is 723. The predicted molar refractivity (Wildman–Crippen MR) is 94.8 cm³/mol. The van der Waals surface area contributed by atoms with Crippen molar-refractivity contribution in [3.8, 4) is 16.3 Å². The van der Waals surface area contributed by atoms with E-state index >= 15 is 0 Å². The molecule has 2 N–H and O–H groups in total. The molecule has 0 aliphatic heterocycles. The highest BCUT2D eigenvalue weighted by atomic mass is 32.1. The molecule has 0 aliphatic rings. The molecule has 2 aromatic rings. The van der Waals surface area contributed by atoms with Gasteiger partial charge in [-0.05, 0) is 30.3 Å². The first-order valence-corrected chi connectivity index (χ1v) is 8.27. The first-order valence-electron chi connectivity index (χ1n) is 7.39. The number of nitrogens with one attached hydrogen (secondary N) is 2. The number of hydrogen-bond donors (Lipinski definition) is 2. The molecule has 0 atom stereocenters. The standard InChI is InChI=1S/C17H19N3O3S/c1-12(21)18-9-10-19-16(22)8-5-14-11-24-17(20-14)13-3-6-15(23-2)7-4-13/h3-8,11H,9-10H2,1-2H3,(H,18,21)(H,19,22)/b8-5+. The summed E-state index contributed by atoms with van der Waals surface area (Å²) in [6, 6.07) is 7.66. The van der Waals surface area contributed by atoms with Gasteiger partial charge in [0.05, 0.1) is 12.8 Å². The first kappa shape index (κ1) is 17.7. The molecular weight excluding hydrogens is 326 g/mol. The lowest BCUT2D eigenvalue weighted by atomic mass is 10.2. The minimum atomic E-state index is -0.223. The van der Waals surface area contributed by atoms with Crippen molar-refractivity contribution >= 4 is 29.2 Å². The fraction of sp³-hybridized carbons (Fsp3) is 0.235. The molecule has 24 heavy (non-hydrogen) atoms. The van der Waals surface area contributed by atoms with Crippen molar-refractivity contribution < 1.29 is 14.3 Å². The van der Waals surface area contributed by atoms with E-state index in [4.69, 9.17) is 4.74 Å². The smallest absolute Gasteiger partial charge is 0.244 e. The van der Waals surface area contributed by atoms with E-state index in [1.807, 2.05) is 29.6 Å². The molecule has 0 spiro atoms. The molecule has 126 valence electrons. The molecule has 1 heterocycles. The number of carbonyl (C=O) groups excluding carboxylic acids is 2. The summed E-state index contributed by atoms with van der Waals surface area (Å²) in [5, 5.41) is 8.06. The van der Waals surface area contributed by atoms with Crippen molar-refractivity contribution in [1.29, 1.82) is 0 Å². The van der Waals surface area contributed by atoms with E-state index in [1.54, 1.807) is 13.2 Å². The average Bonchev–Trinajstić information content (AvgIpc) is 3.06. The molecule has 0 radical (unpaired) electrons. The summed E-state index contributed by atoms with van der Waals surface area (Å²) in [7, 11) is 1.63. The number of rotatable bonds is 7. The molecule has 0 saturated heterocycles. The second-order valence-corrected chi connectivity index (χ2v) is 5.77. The van der Waals surface area contributed by atoms with Crippen LogP contribution in [0.15, 0.2) is 35.7 Å². The Kier molecular flexibility index (Phi) is 6.51. The summed E-state index contributed by atoms with van der Waals surface area (Å²) in [4.78, 5) is 26.8. The second kappa shape index (κ2) is 8.83. The molecule has 1 aromatic heterocycles. The number of carbonyl (C=O) groups is 2. The third kappa shape index (κ3) is 5.51. The fourth-order valence-corrected chi connectivity index (χ4v) is 2.67. The first-order chi connectivity index (χ1) is 11.6. The van der Waals surface area contributed by atoms with Crippen LogP contribution in [0.3, 0.4) is 0 Å². The maximum atomic E-state index is 11.7. The highest BCUT2D eigenvalue weighted by molar-refractivity contribution is 7.13. The Morgan fingerprint density at radius 3 is 2.58 bits per heavy atom. The van der Waals surface area contributed by atoms with E-state index in [1.165, 1.54) is 24.3 Å². The zero-order chi connectivity index (χ0) is 17.4. The normalized spacial score (nSPS) is 10.6. The largest absolute Gasteiger partial charge is 0.497 e. The number of amides is 2. The quantitative estimate of drug-likeness (QED) is 0.595. The van der Waals surface area contributed by atoms with Crippen LogP contribution in [0.1, 0.15) is 12.6 Å². The summed E-state index contributed by atoms with van der Waals surface area (Å²) in [5.41, 5.74) is 1.73. The number of ether oxygens (including phenoxy) is 1. The zero-order valence-corrected chi connectivity index (χ0v) is 14.4. The van der Waals surface area contributed by atoms with E-state index in [2.05, 4.69) is 15.6 Å². The Labute approximate surface area is 144 Å². The van der Waals surface area contributed by atoms with Crippen molar-refractivity contribution in [2.75, 3.05) is 20.2 Å². The van der Waals surface area contributed by atoms with Gasteiger partial charge in [0.2, 0.25) is 11.8 Å². The van der Waals surface area contributed by atoms with E-state index in [-0.39, 0.29) is 11.8 Å². The van der Waals surface area contributed by atoms with Crippen LogP contribution in [0, 0.1) is 0 Å². The molecule has 2 rings (SSSR count). The van der Waals surface area contributed by atoms with Crippen molar-refractivity contribution in [3.05, 3.63) is 41.4 Å². The highest BCUT2D eigenvalue weighted by Gasteiger charge is 2.04. The second-order valence-electron chi connectivity index (χ2n) is 4.91. The summed E-state index contributed by atoms with van der Waals surface area (Å²) in [6.07, 6.45) is 3.10. The zero-order valence-electron chi connectivity index (χ0n) is 13.5. The lowest BCUT2D eigenvalue weighted by molar-refractivity contribution is -0.119. The average molecular weight is 345 g/mol. The molecule has 7 heteroatoms. The van der Waals surface area contributed by atoms with Gasteiger partial charge in [-0.25, -0.2) is 4.98 Å². The third-order valence-corrected chi connectivity index (χ3v) is 3.97. The highest BCUT2D eigenvalue weighted by Crippen LogP contribution is 2.26. The number of methoxy groups -OCH3 is 1. The van der Waals surface area contributed by atoms with Crippen LogP contribution in [0.25, 0.3) is 16.6 Å². The van der Waals surface area contributed by atoms with E-state index in [9.17, 15) is 9.59 Å². The Hall–Kier alpha value is -2.67. The fourth-order valence-electron chi connectivity index (χ4n) is 1.87. The maximum Gasteiger partial charge on any atom is 0.244 e. The minimum Gasteiger partial charge on any atom is -0.497 e. The van der Waals surface area contributed by atoms with Crippen molar-refractivity contribution in [3.63, 3.8) is 0 Å². The number of benzene rings is 1. The van der Waals surface area contributed by atoms with Gasteiger partial charge in [-0.3, -0.25) is 9.59 Å². The summed E-state index contributed by atoms with van der Waals surface area (Å²) >= 11 is 1.51. The number of nitrogens with zero attached hydrogens (tertiary/aromatic N) is 1. The lowest BCUT2D eigenvalue weighted by Gasteiger charge is -2.02. The van der Waals surface area contributed by atoms with Gasteiger partial charge in [0, 0.05) is 37.0 Å². The molecule has 1 aromatic carbocycles. The number of aromatic nitrogens is 1. The van der Waals surface area contributed by atoms with Crippen LogP contribution in [-0.2, 0) is 9.59 Å². The lowest BCUT2D eigenvalue weighted by Crippen LogP contribution is -2.32. The molecule has 0 aliphatic carbocycles. The van der Waals surface area contributed by atoms with Crippen LogP contribution < -0.4 is 15.4 Å². The van der Waals surface area contributed by atoms with Gasteiger partial charge in [-0.15, -0.1) is 11.3 Å². The van der Waals surface area contributed by atoms with Gasteiger partial charge >= 0.3 is 0 Å². The van der Waals surface area contributed by atoms with E-state index in [0.717, 1.165) is 22.0 Å². The van der Waals surface area contributed by atoms with Crippen LogP contribution in [0.2, 0.25) is 0 Å². The van der Waals surface area contributed by atoms with Crippen LogP contribution in [0.4, 0.5) is 0 Å². The van der Waals surface area contributed by atoms with Gasteiger partial charge in [-0.1, -0.05) is 0 Å². The van der Waals surface area contributed by atoms with Crippen LogP contribution in [0.5, 0.6) is 5.75 Å². The molecule has 0 saturated carbocycles. The monoisotopic (exact) mass is 345 g/mol. The van der Waals surface area contributed by atoms with Gasteiger partial charge in [0.1, 0.15) is 10.8 Å². The van der Waals surface area contributed by atoms with Gasteiger partial charge in [-0.2, -0.15) is 0 Å². The third-order valence-electron chi connectivity index (χ3n) is 3.06. The van der Waals surface area contributed by atoms with E-state index < -0.39 is 0 Å². The molecule has 2 amide bonds.